The van der Waals surface area contributed by atoms with E-state index in [1.807, 2.05) is 33.8 Å². The van der Waals surface area contributed by atoms with Crippen molar-refractivity contribution in [2.75, 3.05) is 11.4 Å². The van der Waals surface area contributed by atoms with Gasteiger partial charge < -0.3 is 14.6 Å². The number of hydrogen-bond donors (Lipinski definition) is 1. The second-order valence-electron chi connectivity index (χ2n) is 9.12. The van der Waals surface area contributed by atoms with Crippen molar-refractivity contribution in [3.8, 4) is 0 Å². The molecule has 0 radical (unpaired) electrons. The van der Waals surface area contributed by atoms with Crippen LogP contribution in [0, 0.1) is 13.8 Å². The second kappa shape index (κ2) is 9.04. The molecule has 0 saturated heterocycles. The average molecular weight is 425 g/mol. The number of ether oxygens (including phenoxy) is 1. The van der Waals surface area contributed by atoms with Gasteiger partial charge in [-0.1, -0.05) is 19.4 Å². The van der Waals surface area contributed by atoms with Crippen LogP contribution >= 0.6 is 0 Å². The van der Waals surface area contributed by atoms with Gasteiger partial charge in [-0.2, -0.15) is 0 Å². The zero-order valence-electron chi connectivity index (χ0n) is 19.2. The predicted molar refractivity (Wildman–Crippen MR) is 123 cm³/mol. The van der Waals surface area contributed by atoms with Gasteiger partial charge in [0.1, 0.15) is 11.1 Å². The minimum absolute atomic E-state index is 0.148. The highest BCUT2D eigenvalue weighted by atomic mass is 16.6. The summed E-state index contributed by atoms with van der Waals surface area (Å²) in [4.78, 5) is 38.1. The molecular weight excluding hydrogens is 392 g/mol. The molecular formula is C24H32N4O3. The summed E-state index contributed by atoms with van der Waals surface area (Å²) in [5, 5.41) is 0.327. The molecule has 0 spiro atoms. The molecule has 2 aromatic rings. The van der Waals surface area contributed by atoms with Gasteiger partial charge in [0.15, 0.2) is 11.2 Å². The third-order valence-electron chi connectivity index (χ3n) is 5.23. The van der Waals surface area contributed by atoms with E-state index in [4.69, 9.17) is 4.74 Å². The lowest BCUT2D eigenvalue weighted by atomic mass is 10.1. The normalized spacial score (nSPS) is 12.7. The first kappa shape index (κ1) is 22.7. The summed E-state index contributed by atoms with van der Waals surface area (Å²) in [7, 11) is 0. The molecule has 0 fully saturated rings. The highest BCUT2D eigenvalue weighted by Gasteiger charge is 2.23. The molecule has 3 rings (SSSR count). The highest BCUT2D eigenvalue weighted by molar-refractivity contribution is 5.77. The molecule has 0 saturated carbocycles. The van der Waals surface area contributed by atoms with Crippen molar-refractivity contribution in [1.29, 1.82) is 0 Å². The van der Waals surface area contributed by atoms with Crippen molar-refractivity contribution in [3.63, 3.8) is 0 Å². The van der Waals surface area contributed by atoms with Crippen molar-refractivity contribution in [3.05, 3.63) is 44.5 Å². The SMILES string of the molecule is C=c1nc2c(c(=O)[nH]1)=Nc1cc(C)c(C)cc1N2CCCCCCC(=O)OC(C)(C)C. The smallest absolute Gasteiger partial charge is 0.306 e. The van der Waals surface area contributed by atoms with Crippen molar-refractivity contribution < 1.29 is 9.53 Å². The summed E-state index contributed by atoms with van der Waals surface area (Å²) < 4.78 is 5.36. The zero-order chi connectivity index (χ0) is 22.8. The molecule has 7 nitrogen and oxygen atoms in total. The molecule has 1 N–H and O–H groups in total. The summed E-state index contributed by atoms with van der Waals surface area (Å²) in [6, 6.07) is 4.12. The second-order valence-corrected chi connectivity index (χ2v) is 9.12. The number of nitrogens with one attached hydrogen (secondary N) is 1. The fourth-order valence-corrected chi connectivity index (χ4v) is 3.63. The number of aromatic amines is 1. The van der Waals surface area contributed by atoms with E-state index < -0.39 is 5.60 Å². The highest BCUT2D eigenvalue weighted by Crippen LogP contribution is 2.36. The van der Waals surface area contributed by atoms with Crippen LogP contribution in [-0.4, -0.2) is 28.1 Å². The summed E-state index contributed by atoms with van der Waals surface area (Å²) in [5.41, 5.74) is 3.65. The number of benzene rings is 1. The van der Waals surface area contributed by atoms with Crippen LogP contribution in [-0.2, 0) is 9.53 Å². The summed E-state index contributed by atoms with van der Waals surface area (Å²) in [6.45, 7) is 14.3. The van der Waals surface area contributed by atoms with E-state index in [1.54, 1.807) is 0 Å². The molecule has 1 aliphatic rings. The number of nitrogens with zero attached hydrogens (tertiary/aromatic N) is 3. The van der Waals surface area contributed by atoms with E-state index in [2.05, 4.69) is 39.4 Å². The Hall–Kier alpha value is -2.96. The number of carbonyl (C=O) groups is 1. The Labute approximate surface area is 182 Å². The van der Waals surface area contributed by atoms with Gasteiger partial charge in [0.05, 0.1) is 11.4 Å². The third kappa shape index (κ3) is 5.60. The summed E-state index contributed by atoms with van der Waals surface area (Å²) in [5.74, 6) is 0.406. The molecule has 2 heterocycles. The van der Waals surface area contributed by atoms with E-state index >= 15 is 0 Å². The van der Waals surface area contributed by atoms with Crippen LogP contribution in [0.15, 0.2) is 21.9 Å². The van der Waals surface area contributed by atoms with Gasteiger partial charge >= 0.3 is 5.97 Å². The standard InChI is InChI=1S/C24H32N4O3/c1-15-13-18-19(14-16(15)2)28(22-21(27-18)23(30)26-17(3)25-22)12-10-8-7-9-11-20(29)31-24(4,5)6/h13-14H,3,7-12H2,1-2,4-6H3,(H,26,30). The van der Waals surface area contributed by atoms with Crippen LogP contribution < -0.4 is 21.3 Å². The lowest BCUT2D eigenvalue weighted by Crippen LogP contribution is -2.42. The Bertz CT molecular complexity index is 1150. The van der Waals surface area contributed by atoms with Crippen molar-refractivity contribution in [2.24, 2.45) is 4.99 Å². The maximum absolute atomic E-state index is 12.5. The topological polar surface area (TPSA) is 87.7 Å². The molecule has 0 aliphatic carbocycles. The van der Waals surface area contributed by atoms with Gasteiger partial charge in [-0.25, -0.2) is 9.98 Å². The van der Waals surface area contributed by atoms with E-state index in [-0.39, 0.29) is 11.5 Å². The van der Waals surface area contributed by atoms with Crippen LogP contribution in [0.1, 0.15) is 64.0 Å². The first-order valence-corrected chi connectivity index (χ1v) is 10.8. The van der Waals surface area contributed by atoms with Crippen LogP contribution in [0.3, 0.4) is 0 Å². The van der Waals surface area contributed by atoms with Crippen molar-refractivity contribution in [2.45, 2.75) is 72.3 Å². The summed E-state index contributed by atoms with van der Waals surface area (Å²) >= 11 is 0. The van der Waals surface area contributed by atoms with E-state index in [9.17, 15) is 9.59 Å². The molecule has 1 aromatic carbocycles. The number of esters is 1. The van der Waals surface area contributed by atoms with Gasteiger partial charge in [-0.15, -0.1) is 0 Å². The van der Waals surface area contributed by atoms with Crippen LogP contribution in [0.2, 0.25) is 0 Å². The fourth-order valence-electron chi connectivity index (χ4n) is 3.63. The average Bonchev–Trinajstić information content (AvgIpc) is 2.64. The van der Waals surface area contributed by atoms with Gasteiger partial charge in [-0.3, -0.25) is 9.59 Å². The number of unbranched alkanes of at least 4 members (excludes halogenated alkanes) is 3. The lowest BCUT2D eigenvalue weighted by Gasteiger charge is -2.28. The molecule has 7 heteroatoms. The van der Waals surface area contributed by atoms with Crippen LogP contribution in [0.4, 0.5) is 17.2 Å². The molecule has 0 atom stereocenters. The molecule has 31 heavy (non-hydrogen) atoms. The molecule has 1 aromatic heterocycles. The Morgan fingerprint density at radius 3 is 2.52 bits per heavy atom. The summed E-state index contributed by atoms with van der Waals surface area (Å²) in [6.07, 6.45) is 4.05. The Morgan fingerprint density at radius 2 is 1.81 bits per heavy atom. The number of aromatic nitrogens is 2. The maximum atomic E-state index is 12.5. The van der Waals surface area contributed by atoms with E-state index in [1.165, 1.54) is 5.56 Å². The maximum Gasteiger partial charge on any atom is 0.306 e. The number of carbonyl (C=O) groups excluding carboxylic acids is 1. The Morgan fingerprint density at radius 1 is 1.13 bits per heavy atom. The van der Waals surface area contributed by atoms with Gasteiger partial charge in [0.2, 0.25) is 0 Å². The van der Waals surface area contributed by atoms with Crippen LogP contribution in [0.25, 0.3) is 6.58 Å². The third-order valence-corrected chi connectivity index (χ3v) is 5.23. The molecule has 0 bridgehead atoms. The molecule has 166 valence electrons. The minimum Gasteiger partial charge on any atom is -0.460 e. The Balaban J connectivity index is 1.70. The molecule has 0 amide bonds. The number of hydrogen-bond acceptors (Lipinski definition) is 6. The zero-order valence-corrected chi connectivity index (χ0v) is 19.2. The number of rotatable bonds is 7. The quantitative estimate of drug-likeness (QED) is 0.543. The molecule has 0 unspecified atom stereocenters. The largest absolute Gasteiger partial charge is 0.460 e. The fraction of sp³-hybridized carbons (Fsp3) is 0.500. The van der Waals surface area contributed by atoms with Crippen molar-refractivity contribution >= 4 is 29.7 Å². The Kier molecular flexibility index (Phi) is 6.62. The number of aryl methyl sites for hydroxylation is 2. The number of H-pyrrole nitrogens is 1. The monoisotopic (exact) mass is 424 g/mol. The van der Waals surface area contributed by atoms with Crippen molar-refractivity contribution in [1.82, 2.24) is 9.97 Å². The van der Waals surface area contributed by atoms with Gasteiger partial charge in [0, 0.05) is 13.0 Å². The molecule has 1 aliphatic heterocycles. The predicted octanol–water partition coefficient (Wildman–Crippen LogP) is 3.49. The number of anilines is 2. The number of fused-ring (bicyclic) bond motifs is 2. The van der Waals surface area contributed by atoms with E-state index in [0.717, 1.165) is 42.6 Å². The van der Waals surface area contributed by atoms with Gasteiger partial charge in [0.25, 0.3) is 5.56 Å². The van der Waals surface area contributed by atoms with E-state index in [0.29, 0.717) is 29.6 Å². The minimum atomic E-state index is -0.439. The first-order valence-electron chi connectivity index (χ1n) is 10.8. The van der Waals surface area contributed by atoms with Crippen LogP contribution in [0.5, 0.6) is 0 Å². The first-order chi connectivity index (χ1) is 14.5. The van der Waals surface area contributed by atoms with Gasteiger partial charge in [-0.05, 0) is 70.7 Å². The lowest BCUT2D eigenvalue weighted by molar-refractivity contribution is -0.154.